The van der Waals surface area contributed by atoms with Crippen LogP contribution in [-0.4, -0.2) is 43.3 Å². The van der Waals surface area contributed by atoms with Gasteiger partial charge < -0.3 is 10.5 Å². The smallest absolute Gasteiger partial charge is 0.0632 e. The molecule has 12 heavy (non-hydrogen) atoms. The highest BCUT2D eigenvalue weighted by molar-refractivity contribution is 4.86. The number of likely N-dealkylation sites (tertiary alicyclic amines) is 1. The van der Waals surface area contributed by atoms with Gasteiger partial charge in [-0.3, -0.25) is 4.90 Å². The molecule has 0 bridgehead atoms. The van der Waals surface area contributed by atoms with Crippen LogP contribution >= 0.6 is 0 Å². The van der Waals surface area contributed by atoms with Crippen LogP contribution in [0.1, 0.15) is 19.3 Å². The van der Waals surface area contributed by atoms with Crippen molar-refractivity contribution in [2.45, 2.75) is 31.3 Å². The first-order valence-corrected chi connectivity index (χ1v) is 4.95. The number of hydrogen-bond donors (Lipinski definition) is 1. The first-order valence-electron chi connectivity index (χ1n) is 4.95. The Labute approximate surface area is 73.9 Å². The summed E-state index contributed by atoms with van der Waals surface area (Å²) in [5, 5.41) is 0. The summed E-state index contributed by atoms with van der Waals surface area (Å²) < 4.78 is 5.32. The van der Waals surface area contributed by atoms with E-state index in [9.17, 15) is 0 Å². The molecule has 2 heterocycles. The van der Waals surface area contributed by atoms with Crippen molar-refractivity contribution in [3.63, 3.8) is 0 Å². The minimum Gasteiger partial charge on any atom is -0.380 e. The fraction of sp³-hybridized carbons (Fsp3) is 1.00. The van der Waals surface area contributed by atoms with Gasteiger partial charge in [0.25, 0.3) is 0 Å². The second kappa shape index (κ2) is 3.73. The van der Waals surface area contributed by atoms with Crippen LogP contribution in [0.15, 0.2) is 0 Å². The van der Waals surface area contributed by atoms with Crippen molar-refractivity contribution in [2.24, 2.45) is 5.73 Å². The van der Waals surface area contributed by atoms with Crippen molar-refractivity contribution in [1.29, 1.82) is 0 Å². The van der Waals surface area contributed by atoms with Gasteiger partial charge >= 0.3 is 0 Å². The molecule has 2 fully saturated rings. The topological polar surface area (TPSA) is 38.5 Å². The first-order chi connectivity index (χ1) is 5.88. The lowest BCUT2D eigenvalue weighted by molar-refractivity contribution is 0.0257. The molecule has 2 N–H and O–H groups in total. The van der Waals surface area contributed by atoms with Gasteiger partial charge in [0.2, 0.25) is 0 Å². The molecule has 2 rings (SSSR count). The zero-order valence-corrected chi connectivity index (χ0v) is 7.54. The minimum absolute atomic E-state index is 0.247. The molecule has 2 atom stereocenters. The van der Waals surface area contributed by atoms with Crippen LogP contribution in [0.25, 0.3) is 0 Å². The highest BCUT2D eigenvalue weighted by Crippen LogP contribution is 2.18. The van der Waals surface area contributed by atoms with Gasteiger partial charge in [0, 0.05) is 18.7 Å². The number of hydrogen-bond acceptors (Lipinski definition) is 3. The van der Waals surface area contributed by atoms with E-state index in [-0.39, 0.29) is 6.04 Å². The van der Waals surface area contributed by atoms with E-state index in [1.165, 1.54) is 25.9 Å². The van der Waals surface area contributed by atoms with E-state index in [2.05, 4.69) is 4.90 Å². The predicted molar refractivity (Wildman–Crippen MR) is 48.0 cm³/mol. The largest absolute Gasteiger partial charge is 0.380 e. The van der Waals surface area contributed by atoms with Crippen molar-refractivity contribution >= 4 is 0 Å². The Hall–Kier alpha value is -0.120. The number of nitrogens with zero attached hydrogens (tertiary/aromatic N) is 1. The van der Waals surface area contributed by atoms with E-state index in [1.54, 1.807) is 0 Å². The Morgan fingerprint density at radius 1 is 1.25 bits per heavy atom. The molecular formula is C9H18N2O. The van der Waals surface area contributed by atoms with Gasteiger partial charge in [-0.1, -0.05) is 0 Å². The fourth-order valence-corrected chi connectivity index (χ4v) is 2.28. The van der Waals surface area contributed by atoms with E-state index in [0.717, 1.165) is 19.6 Å². The molecule has 0 aromatic carbocycles. The Morgan fingerprint density at radius 2 is 2.00 bits per heavy atom. The summed E-state index contributed by atoms with van der Waals surface area (Å²) in [7, 11) is 0. The quantitative estimate of drug-likeness (QED) is 0.611. The average molecular weight is 170 g/mol. The van der Waals surface area contributed by atoms with E-state index < -0.39 is 0 Å². The molecule has 2 unspecified atom stereocenters. The number of nitrogens with two attached hydrogens (primary N) is 1. The van der Waals surface area contributed by atoms with E-state index in [1.807, 2.05) is 0 Å². The minimum atomic E-state index is 0.247. The van der Waals surface area contributed by atoms with Crippen molar-refractivity contribution in [3.05, 3.63) is 0 Å². The highest BCUT2D eigenvalue weighted by Gasteiger charge is 2.29. The molecule has 0 saturated carbocycles. The molecule has 3 heteroatoms. The lowest BCUT2D eigenvalue weighted by atomic mass is 10.0. The molecule has 3 nitrogen and oxygen atoms in total. The fourth-order valence-electron chi connectivity index (χ4n) is 2.28. The molecule has 0 aliphatic carbocycles. The summed E-state index contributed by atoms with van der Waals surface area (Å²) in [6, 6.07) is 0.845. The van der Waals surface area contributed by atoms with Crippen LogP contribution in [0, 0.1) is 0 Å². The third kappa shape index (κ3) is 1.63. The molecule has 0 aromatic rings. The normalized spacial score (nSPS) is 38.8. The zero-order valence-electron chi connectivity index (χ0n) is 7.54. The van der Waals surface area contributed by atoms with E-state index >= 15 is 0 Å². The van der Waals surface area contributed by atoms with Crippen LogP contribution in [0.5, 0.6) is 0 Å². The molecule has 0 radical (unpaired) electrons. The molecule has 2 saturated heterocycles. The van der Waals surface area contributed by atoms with Gasteiger partial charge in [-0.2, -0.15) is 0 Å². The molecule has 0 aromatic heterocycles. The first kappa shape index (κ1) is 8.48. The van der Waals surface area contributed by atoms with Crippen LogP contribution in [0.3, 0.4) is 0 Å². The Balaban J connectivity index is 1.91. The molecule has 0 amide bonds. The standard InChI is InChI=1S/C9H18N2O/c10-8-7-12-6-3-9(8)11-4-1-2-5-11/h8-9H,1-7,10H2. The number of ether oxygens (including phenoxy) is 1. The van der Waals surface area contributed by atoms with Crippen LogP contribution in [-0.2, 0) is 4.74 Å². The number of rotatable bonds is 1. The molecule has 2 aliphatic heterocycles. The van der Waals surface area contributed by atoms with Crippen molar-refractivity contribution in [3.8, 4) is 0 Å². The van der Waals surface area contributed by atoms with Gasteiger partial charge in [0.15, 0.2) is 0 Å². The Kier molecular flexibility index (Phi) is 2.63. The van der Waals surface area contributed by atoms with Crippen LogP contribution < -0.4 is 5.73 Å². The van der Waals surface area contributed by atoms with Gasteiger partial charge in [-0.25, -0.2) is 0 Å². The second-order valence-corrected chi connectivity index (χ2v) is 3.84. The zero-order chi connectivity index (χ0) is 8.39. The summed E-state index contributed by atoms with van der Waals surface area (Å²) in [5.41, 5.74) is 5.99. The highest BCUT2D eigenvalue weighted by atomic mass is 16.5. The SMILES string of the molecule is NC1COCCC1N1CCCC1. The molecule has 70 valence electrons. The van der Waals surface area contributed by atoms with E-state index in [0.29, 0.717) is 6.04 Å². The summed E-state index contributed by atoms with van der Waals surface area (Å²) in [6.07, 6.45) is 3.83. The van der Waals surface area contributed by atoms with Gasteiger partial charge in [0.1, 0.15) is 0 Å². The maximum atomic E-state index is 5.99. The van der Waals surface area contributed by atoms with Crippen LogP contribution in [0.2, 0.25) is 0 Å². The second-order valence-electron chi connectivity index (χ2n) is 3.84. The lowest BCUT2D eigenvalue weighted by Crippen LogP contribution is -2.52. The summed E-state index contributed by atoms with van der Waals surface area (Å²) >= 11 is 0. The maximum Gasteiger partial charge on any atom is 0.0632 e. The Bertz CT molecular complexity index is 145. The maximum absolute atomic E-state index is 5.99. The van der Waals surface area contributed by atoms with Gasteiger partial charge in [-0.15, -0.1) is 0 Å². The van der Waals surface area contributed by atoms with Crippen molar-refractivity contribution in [1.82, 2.24) is 4.90 Å². The molecular weight excluding hydrogens is 152 g/mol. The molecule has 2 aliphatic rings. The third-order valence-electron chi connectivity index (χ3n) is 2.97. The monoisotopic (exact) mass is 170 g/mol. The van der Waals surface area contributed by atoms with Crippen molar-refractivity contribution < 1.29 is 4.74 Å². The van der Waals surface area contributed by atoms with Crippen molar-refractivity contribution in [2.75, 3.05) is 26.3 Å². The summed E-state index contributed by atoms with van der Waals surface area (Å²) in [5.74, 6) is 0. The third-order valence-corrected chi connectivity index (χ3v) is 2.97. The lowest BCUT2D eigenvalue weighted by Gasteiger charge is -2.35. The predicted octanol–water partition coefficient (Wildman–Crippen LogP) is 0.198. The van der Waals surface area contributed by atoms with Crippen LogP contribution in [0.4, 0.5) is 0 Å². The van der Waals surface area contributed by atoms with Gasteiger partial charge in [-0.05, 0) is 32.4 Å². The average Bonchev–Trinajstić information content (AvgIpc) is 2.57. The Morgan fingerprint density at radius 3 is 2.67 bits per heavy atom. The summed E-state index contributed by atoms with van der Waals surface area (Å²) in [6.45, 7) is 4.15. The summed E-state index contributed by atoms with van der Waals surface area (Å²) in [4.78, 5) is 2.53. The van der Waals surface area contributed by atoms with E-state index in [4.69, 9.17) is 10.5 Å². The van der Waals surface area contributed by atoms with Gasteiger partial charge in [0.05, 0.1) is 6.61 Å². The molecule has 0 spiro atoms.